The zero-order valence-electron chi connectivity index (χ0n) is 11.1. The molecule has 0 aliphatic heterocycles. The summed E-state index contributed by atoms with van der Waals surface area (Å²) in [5, 5.41) is 11.4. The maximum absolute atomic E-state index is 13.6. The minimum absolute atomic E-state index is 0.0516. The molecule has 0 fully saturated rings. The molecule has 3 aromatic rings. The molecule has 3 rings (SSSR count). The van der Waals surface area contributed by atoms with Gasteiger partial charge in [0.05, 0.1) is 11.4 Å². The molecule has 1 heterocycles. The van der Waals surface area contributed by atoms with E-state index in [2.05, 4.69) is 15.5 Å². The molecule has 0 aliphatic rings. The molecule has 0 saturated carbocycles. The Kier molecular flexibility index (Phi) is 3.09. The van der Waals surface area contributed by atoms with Crippen LogP contribution >= 0.6 is 0 Å². The first-order valence-corrected chi connectivity index (χ1v) is 6.16. The van der Waals surface area contributed by atoms with Crippen LogP contribution < -0.4 is 5.73 Å². The molecule has 2 N–H and O–H groups in total. The van der Waals surface area contributed by atoms with Gasteiger partial charge in [-0.05, 0) is 59.3 Å². The van der Waals surface area contributed by atoms with Gasteiger partial charge in [-0.2, -0.15) is 4.68 Å². The molecule has 0 unspecified atom stereocenters. The van der Waals surface area contributed by atoms with Gasteiger partial charge in [0.15, 0.2) is 5.82 Å². The molecule has 0 spiro atoms. The molecule has 5 nitrogen and oxygen atoms in total. The van der Waals surface area contributed by atoms with Crippen molar-refractivity contribution in [3.8, 4) is 17.1 Å². The van der Waals surface area contributed by atoms with Gasteiger partial charge in [-0.1, -0.05) is 0 Å². The summed E-state index contributed by atoms with van der Waals surface area (Å²) >= 11 is 0. The van der Waals surface area contributed by atoms with Gasteiger partial charge in [0, 0.05) is 5.56 Å². The molecule has 106 valence electrons. The number of aromatic nitrogens is 4. The second kappa shape index (κ2) is 4.93. The van der Waals surface area contributed by atoms with E-state index >= 15 is 0 Å². The average molecular weight is 287 g/mol. The summed E-state index contributed by atoms with van der Waals surface area (Å²) < 4.78 is 28.2. The number of hydrogen-bond donors (Lipinski definition) is 1. The molecule has 2 aromatic carbocycles. The van der Waals surface area contributed by atoms with Crippen LogP contribution in [-0.4, -0.2) is 20.2 Å². The number of anilines is 1. The van der Waals surface area contributed by atoms with Gasteiger partial charge in [-0.25, -0.2) is 8.78 Å². The molecule has 21 heavy (non-hydrogen) atoms. The lowest BCUT2D eigenvalue weighted by molar-refractivity contribution is 0.625. The van der Waals surface area contributed by atoms with Gasteiger partial charge in [-0.3, -0.25) is 0 Å². The van der Waals surface area contributed by atoms with Gasteiger partial charge in [-0.15, -0.1) is 5.10 Å². The van der Waals surface area contributed by atoms with E-state index in [-0.39, 0.29) is 11.5 Å². The van der Waals surface area contributed by atoms with Crippen molar-refractivity contribution in [3.05, 3.63) is 53.6 Å². The lowest BCUT2D eigenvalue weighted by Gasteiger charge is -2.08. The number of nitrogens with two attached hydrogens (primary N) is 1. The summed E-state index contributed by atoms with van der Waals surface area (Å²) in [6.45, 7) is 1.74. The summed E-state index contributed by atoms with van der Waals surface area (Å²) in [4.78, 5) is 0. The molecule has 0 radical (unpaired) electrons. The molecule has 0 atom stereocenters. The Morgan fingerprint density at radius 3 is 2.62 bits per heavy atom. The normalized spacial score (nSPS) is 10.8. The minimum Gasteiger partial charge on any atom is -0.396 e. The van der Waals surface area contributed by atoms with Crippen molar-refractivity contribution >= 4 is 5.69 Å². The van der Waals surface area contributed by atoms with Crippen molar-refractivity contribution in [1.29, 1.82) is 0 Å². The van der Waals surface area contributed by atoms with Gasteiger partial charge < -0.3 is 5.73 Å². The van der Waals surface area contributed by atoms with Crippen molar-refractivity contribution < 1.29 is 8.78 Å². The number of aryl methyl sites for hydroxylation is 1. The molecule has 0 aliphatic carbocycles. The van der Waals surface area contributed by atoms with Crippen molar-refractivity contribution in [2.45, 2.75) is 6.92 Å². The smallest absolute Gasteiger partial charge is 0.187 e. The third-order valence-electron chi connectivity index (χ3n) is 3.12. The van der Waals surface area contributed by atoms with Gasteiger partial charge >= 0.3 is 0 Å². The number of halogens is 2. The van der Waals surface area contributed by atoms with Crippen molar-refractivity contribution in [3.63, 3.8) is 0 Å². The summed E-state index contributed by atoms with van der Waals surface area (Å²) in [6.07, 6.45) is 0. The number of benzene rings is 2. The second-order valence-corrected chi connectivity index (χ2v) is 4.58. The summed E-state index contributed by atoms with van der Waals surface area (Å²) in [5.74, 6) is -0.536. The summed E-state index contributed by atoms with van der Waals surface area (Å²) in [6, 6.07) is 8.59. The molecule has 7 heteroatoms. The fourth-order valence-electron chi connectivity index (χ4n) is 2.05. The lowest BCUT2D eigenvalue weighted by atomic mass is 10.1. The zero-order chi connectivity index (χ0) is 15.0. The van der Waals surface area contributed by atoms with Crippen LogP contribution in [0.5, 0.6) is 0 Å². The Labute approximate surface area is 119 Å². The maximum atomic E-state index is 13.6. The van der Waals surface area contributed by atoms with E-state index in [1.807, 2.05) is 0 Å². The van der Waals surface area contributed by atoms with Crippen molar-refractivity contribution in [1.82, 2.24) is 20.2 Å². The molecule has 1 aromatic heterocycles. The van der Waals surface area contributed by atoms with E-state index < -0.39 is 5.82 Å². The first-order chi connectivity index (χ1) is 10.1. The highest BCUT2D eigenvalue weighted by molar-refractivity contribution is 5.61. The Morgan fingerprint density at radius 2 is 1.90 bits per heavy atom. The van der Waals surface area contributed by atoms with Crippen LogP contribution in [0.3, 0.4) is 0 Å². The zero-order valence-corrected chi connectivity index (χ0v) is 11.1. The minimum atomic E-state index is -0.544. The van der Waals surface area contributed by atoms with E-state index in [0.717, 1.165) is 0 Å². The SMILES string of the molecule is Cc1cc(F)ccc1-n1nnnc1-c1ccc(N)c(F)c1. The van der Waals surface area contributed by atoms with Crippen LogP contribution in [0.1, 0.15) is 5.56 Å². The van der Waals surface area contributed by atoms with E-state index in [1.54, 1.807) is 19.1 Å². The predicted molar refractivity (Wildman–Crippen MR) is 73.7 cm³/mol. The number of rotatable bonds is 2. The van der Waals surface area contributed by atoms with Gasteiger partial charge in [0.2, 0.25) is 0 Å². The number of tetrazole rings is 1. The highest BCUT2D eigenvalue weighted by Crippen LogP contribution is 2.24. The first-order valence-electron chi connectivity index (χ1n) is 6.16. The molecule has 0 bridgehead atoms. The monoisotopic (exact) mass is 287 g/mol. The fourth-order valence-corrected chi connectivity index (χ4v) is 2.05. The quantitative estimate of drug-likeness (QED) is 0.735. The van der Waals surface area contributed by atoms with Crippen LogP contribution in [0, 0.1) is 18.6 Å². The molecule has 0 saturated heterocycles. The highest BCUT2D eigenvalue weighted by atomic mass is 19.1. The Bertz CT molecular complexity index is 813. The topological polar surface area (TPSA) is 69.6 Å². The first kappa shape index (κ1) is 13.2. The third kappa shape index (κ3) is 2.33. The van der Waals surface area contributed by atoms with E-state index in [9.17, 15) is 8.78 Å². The van der Waals surface area contributed by atoms with Crippen LogP contribution in [0.15, 0.2) is 36.4 Å². The molecular formula is C14H11F2N5. The summed E-state index contributed by atoms with van der Waals surface area (Å²) in [5.41, 5.74) is 7.28. The second-order valence-electron chi connectivity index (χ2n) is 4.58. The average Bonchev–Trinajstić information content (AvgIpc) is 2.91. The van der Waals surface area contributed by atoms with Gasteiger partial charge in [0.1, 0.15) is 11.6 Å². The Morgan fingerprint density at radius 1 is 1.10 bits per heavy atom. The lowest BCUT2D eigenvalue weighted by Crippen LogP contribution is -2.03. The number of nitrogens with zero attached hydrogens (tertiary/aromatic N) is 4. The third-order valence-corrected chi connectivity index (χ3v) is 3.12. The number of nitrogen functional groups attached to an aromatic ring is 1. The molecular weight excluding hydrogens is 276 g/mol. The summed E-state index contributed by atoms with van der Waals surface area (Å²) in [7, 11) is 0. The van der Waals surface area contributed by atoms with Gasteiger partial charge in [0.25, 0.3) is 0 Å². The van der Waals surface area contributed by atoms with Crippen LogP contribution in [-0.2, 0) is 0 Å². The molecule has 0 amide bonds. The van der Waals surface area contributed by atoms with Crippen molar-refractivity contribution in [2.24, 2.45) is 0 Å². The Balaban J connectivity index is 2.14. The van der Waals surface area contributed by atoms with Crippen LogP contribution in [0.2, 0.25) is 0 Å². The number of hydrogen-bond acceptors (Lipinski definition) is 4. The maximum Gasteiger partial charge on any atom is 0.187 e. The van der Waals surface area contributed by atoms with Crippen LogP contribution in [0.4, 0.5) is 14.5 Å². The predicted octanol–water partition coefficient (Wildman–Crippen LogP) is 2.50. The van der Waals surface area contributed by atoms with Crippen molar-refractivity contribution in [2.75, 3.05) is 5.73 Å². The standard InChI is InChI=1S/C14H11F2N5/c1-8-6-10(15)3-5-13(8)21-14(18-19-20-21)9-2-4-12(17)11(16)7-9/h2-7H,17H2,1H3. The van der Waals surface area contributed by atoms with Crippen LogP contribution in [0.25, 0.3) is 17.1 Å². The Hall–Kier alpha value is -2.83. The van der Waals surface area contributed by atoms with E-state index in [1.165, 1.54) is 28.9 Å². The fraction of sp³-hybridized carbons (Fsp3) is 0.0714. The highest BCUT2D eigenvalue weighted by Gasteiger charge is 2.14. The largest absolute Gasteiger partial charge is 0.396 e. The van der Waals surface area contributed by atoms with E-state index in [4.69, 9.17) is 5.73 Å². The van der Waals surface area contributed by atoms with E-state index in [0.29, 0.717) is 22.6 Å².